The number of imidazole rings is 1. The van der Waals surface area contributed by atoms with Crippen LogP contribution in [0.3, 0.4) is 0 Å². The van der Waals surface area contributed by atoms with Gasteiger partial charge in [0.2, 0.25) is 5.03 Å². The van der Waals surface area contributed by atoms with Gasteiger partial charge in [0.15, 0.2) is 0 Å². The summed E-state index contributed by atoms with van der Waals surface area (Å²) in [7, 11) is 0. The van der Waals surface area contributed by atoms with Crippen molar-refractivity contribution in [1.82, 2.24) is 14.4 Å². The third-order valence-electron chi connectivity index (χ3n) is 2.54. The Morgan fingerprint density at radius 3 is 3.05 bits per heavy atom. The second-order valence-corrected chi connectivity index (χ2v) is 5.77. The lowest BCUT2D eigenvalue weighted by atomic mass is 10.3. The van der Waals surface area contributed by atoms with E-state index < -0.39 is 10.9 Å². The van der Waals surface area contributed by atoms with Crippen molar-refractivity contribution in [2.24, 2.45) is 0 Å². The fourth-order valence-electron chi connectivity index (χ4n) is 1.69. The molecule has 3 aromatic rings. The number of rotatable bonds is 4. The number of fused-ring (bicyclic) bond motifs is 1. The lowest BCUT2D eigenvalue weighted by molar-refractivity contribution is -0.393. The smallest absolute Gasteiger partial charge is 0.363 e. The molecule has 0 aliphatic rings. The molecule has 106 valence electrons. The average molecular weight is 322 g/mol. The van der Waals surface area contributed by atoms with E-state index in [0.717, 1.165) is 11.8 Å². The molecule has 0 spiro atoms. The summed E-state index contributed by atoms with van der Waals surface area (Å²) < 4.78 is 1.40. The Bertz CT molecular complexity index is 857. The molecule has 0 unspecified atom stereocenters. The fraction of sp³-hybridized carbons (Fsp3) is 0. The maximum atomic E-state index is 11.2. The molecule has 0 fully saturated rings. The Morgan fingerprint density at radius 1 is 1.52 bits per heavy atom. The molecule has 8 nitrogen and oxygen atoms in total. The van der Waals surface area contributed by atoms with Gasteiger partial charge in [0.05, 0.1) is 0 Å². The van der Waals surface area contributed by atoms with Crippen LogP contribution in [0.5, 0.6) is 0 Å². The highest BCUT2D eigenvalue weighted by Gasteiger charge is 2.24. The zero-order valence-corrected chi connectivity index (χ0v) is 11.8. The van der Waals surface area contributed by atoms with Gasteiger partial charge in [-0.2, -0.15) is 9.38 Å². The lowest BCUT2D eigenvalue weighted by Crippen LogP contribution is -1.99. The summed E-state index contributed by atoms with van der Waals surface area (Å²) in [5.74, 6) is -1.29. The predicted octanol–water partition coefficient (Wildman–Crippen LogP) is 2.55. The Labute approximate surface area is 125 Å². The number of pyridine rings is 1. The van der Waals surface area contributed by atoms with Crippen molar-refractivity contribution < 1.29 is 14.8 Å². The van der Waals surface area contributed by atoms with Crippen molar-refractivity contribution in [3.05, 3.63) is 45.7 Å². The monoisotopic (exact) mass is 322 g/mol. The van der Waals surface area contributed by atoms with Crippen LogP contribution in [0.2, 0.25) is 0 Å². The maximum Gasteiger partial charge on any atom is 0.363 e. The van der Waals surface area contributed by atoms with Gasteiger partial charge in [-0.1, -0.05) is 23.1 Å². The van der Waals surface area contributed by atoms with Crippen molar-refractivity contribution in [2.45, 2.75) is 9.92 Å². The molecule has 0 bridgehead atoms. The summed E-state index contributed by atoms with van der Waals surface area (Å²) in [6, 6.07) is 2.93. The third-order valence-corrected chi connectivity index (χ3v) is 4.26. The standard InChI is InChI=1S/C11H6N4O4S2/c16-10(17)7-5-6(1-2-12-7)21-8-9(15(18)19)14-3-4-20-11(14)13-8/h1-5H,(H,16,17). The van der Waals surface area contributed by atoms with Gasteiger partial charge in [0, 0.05) is 16.5 Å². The number of carbonyl (C=O) groups is 1. The van der Waals surface area contributed by atoms with E-state index in [2.05, 4.69) is 9.97 Å². The molecule has 3 heterocycles. The zero-order valence-electron chi connectivity index (χ0n) is 10.2. The SMILES string of the molecule is O=C(O)c1cc(Sc2nc3sccn3c2[N+](=O)[O-])ccn1. The van der Waals surface area contributed by atoms with Gasteiger partial charge in [-0.25, -0.2) is 9.78 Å². The number of carboxylic acids is 1. The Hall–Kier alpha value is -2.46. The lowest BCUT2D eigenvalue weighted by Gasteiger charge is -2.00. The molecule has 0 amide bonds. The van der Waals surface area contributed by atoms with E-state index in [1.54, 1.807) is 17.6 Å². The summed E-state index contributed by atoms with van der Waals surface area (Å²) in [5, 5.41) is 22.0. The second kappa shape index (κ2) is 5.14. The number of aromatic nitrogens is 3. The number of carboxylic acid groups (broad SMARTS) is 1. The quantitative estimate of drug-likeness (QED) is 0.580. The molecular formula is C11H6N4O4S2. The van der Waals surface area contributed by atoms with E-state index in [1.807, 2.05) is 0 Å². The number of nitrogens with zero attached hydrogens (tertiary/aromatic N) is 4. The first-order chi connectivity index (χ1) is 10.1. The Morgan fingerprint density at radius 2 is 2.33 bits per heavy atom. The Balaban J connectivity index is 2.03. The van der Waals surface area contributed by atoms with Crippen molar-refractivity contribution in [3.63, 3.8) is 0 Å². The highest BCUT2D eigenvalue weighted by Crippen LogP contribution is 2.35. The molecule has 0 saturated heterocycles. The van der Waals surface area contributed by atoms with Crippen molar-refractivity contribution >= 4 is 39.8 Å². The molecule has 3 aromatic heterocycles. The normalized spacial score (nSPS) is 10.9. The number of hydrogen-bond acceptors (Lipinski definition) is 7. The van der Waals surface area contributed by atoms with Gasteiger partial charge >= 0.3 is 11.8 Å². The number of hydrogen-bond donors (Lipinski definition) is 1. The van der Waals surface area contributed by atoms with Gasteiger partial charge in [-0.15, -0.1) is 0 Å². The predicted molar refractivity (Wildman–Crippen MR) is 75.0 cm³/mol. The molecule has 3 rings (SSSR count). The van der Waals surface area contributed by atoms with Crippen LogP contribution in [0.4, 0.5) is 5.82 Å². The van der Waals surface area contributed by atoms with Gasteiger partial charge in [-0.05, 0) is 17.1 Å². The van der Waals surface area contributed by atoms with Gasteiger partial charge in [-0.3, -0.25) is 0 Å². The largest absolute Gasteiger partial charge is 0.477 e. The maximum absolute atomic E-state index is 11.2. The molecule has 0 aromatic carbocycles. The number of thiazole rings is 1. The van der Waals surface area contributed by atoms with Crippen LogP contribution in [0.1, 0.15) is 10.5 Å². The Kier molecular flexibility index (Phi) is 3.31. The first-order valence-electron chi connectivity index (χ1n) is 5.53. The van der Waals surface area contributed by atoms with Gasteiger partial charge < -0.3 is 15.2 Å². The average Bonchev–Trinajstić information content (AvgIpc) is 2.98. The molecular weight excluding hydrogens is 316 g/mol. The summed E-state index contributed by atoms with van der Waals surface area (Å²) in [6.45, 7) is 0. The van der Waals surface area contributed by atoms with Crippen LogP contribution in [-0.2, 0) is 0 Å². The van der Waals surface area contributed by atoms with Crippen molar-refractivity contribution in [3.8, 4) is 0 Å². The van der Waals surface area contributed by atoms with Crippen LogP contribution >= 0.6 is 23.1 Å². The molecule has 21 heavy (non-hydrogen) atoms. The molecule has 0 saturated carbocycles. The molecule has 0 atom stereocenters. The third kappa shape index (κ3) is 2.45. The van der Waals surface area contributed by atoms with Crippen molar-refractivity contribution in [1.29, 1.82) is 0 Å². The summed E-state index contributed by atoms with van der Waals surface area (Å²) in [5.41, 5.74) is -0.122. The van der Waals surface area contributed by atoms with Crippen molar-refractivity contribution in [2.75, 3.05) is 0 Å². The first kappa shape index (κ1) is 13.5. The van der Waals surface area contributed by atoms with Crippen LogP contribution < -0.4 is 0 Å². The second-order valence-electron chi connectivity index (χ2n) is 3.84. The van der Waals surface area contributed by atoms with Crippen LogP contribution in [0.25, 0.3) is 4.96 Å². The molecule has 0 aliphatic carbocycles. The summed E-state index contributed by atoms with van der Waals surface area (Å²) in [4.78, 5) is 30.5. The minimum absolute atomic E-state index is 0.122. The topological polar surface area (TPSA) is 111 Å². The summed E-state index contributed by atoms with van der Waals surface area (Å²) >= 11 is 2.32. The first-order valence-corrected chi connectivity index (χ1v) is 7.23. The molecule has 10 heteroatoms. The van der Waals surface area contributed by atoms with E-state index in [9.17, 15) is 14.9 Å². The van der Waals surface area contributed by atoms with E-state index in [0.29, 0.717) is 9.86 Å². The highest BCUT2D eigenvalue weighted by molar-refractivity contribution is 7.99. The number of aromatic carboxylic acids is 1. The minimum Gasteiger partial charge on any atom is -0.477 e. The molecule has 1 N–H and O–H groups in total. The minimum atomic E-state index is -1.15. The van der Waals surface area contributed by atoms with Crippen LogP contribution in [-0.4, -0.2) is 30.4 Å². The van der Waals surface area contributed by atoms with E-state index >= 15 is 0 Å². The number of nitro groups is 1. The molecule has 0 aliphatic heterocycles. The summed E-state index contributed by atoms with van der Waals surface area (Å²) in [6.07, 6.45) is 2.92. The van der Waals surface area contributed by atoms with Gasteiger partial charge in [0.1, 0.15) is 11.9 Å². The van der Waals surface area contributed by atoms with Crippen LogP contribution in [0, 0.1) is 10.1 Å². The highest BCUT2D eigenvalue weighted by atomic mass is 32.2. The van der Waals surface area contributed by atoms with E-state index in [-0.39, 0.29) is 16.5 Å². The van der Waals surface area contributed by atoms with Gasteiger partial charge in [0.25, 0.3) is 4.96 Å². The van der Waals surface area contributed by atoms with E-state index in [4.69, 9.17) is 5.11 Å². The van der Waals surface area contributed by atoms with Crippen LogP contribution in [0.15, 0.2) is 39.8 Å². The fourth-order valence-corrected chi connectivity index (χ4v) is 3.38. The molecule has 0 radical (unpaired) electrons. The van der Waals surface area contributed by atoms with E-state index in [1.165, 1.54) is 28.0 Å². The zero-order chi connectivity index (χ0) is 15.0.